The van der Waals surface area contributed by atoms with Crippen LogP contribution in [0.3, 0.4) is 0 Å². The molecule has 24 heavy (non-hydrogen) atoms. The van der Waals surface area contributed by atoms with Crippen LogP contribution in [0.1, 0.15) is 49.5 Å². The number of carbonyl (C=O) groups excluding carboxylic acids is 1. The first-order chi connectivity index (χ1) is 11.6. The second kappa shape index (κ2) is 9.64. The zero-order chi connectivity index (χ0) is 17.4. The zero-order valence-corrected chi connectivity index (χ0v) is 15.0. The van der Waals surface area contributed by atoms with Gasteiger partial charge in [0.15, 0.2) is 0 Å². The molecule has 2 rings (SSSR count). The summed E-state index contributed by atoms with van der Waals surface area (Å²) in [6, 6.07) is 5.50. The molecule has 0 aromatic heterocycles. The maximum Gasteiger partial charge on any atom is 0.251 e. The van der Waals surface area contributed by atoms with Crippen LogP contribution in [0.5, 0.6) is 5.75 Å². The molecule has 1 aromatic carbocycles. The van der Waals surface area contributed by atoms with Gasteiger partial charge in [0, 0.05) is 30.9 Å². The van der Waals surface area contributed by atoms with E-state index in [-0.39, 0.29) is 12.0 Å². The Bertz CT molecular complexity index is 524. The lowest BCUT2D eigenvalue weighted by atomic mass is 10.1. The Labute approximate surface area is 144 Å². The first-order valence-electron chi connectivity index (χ1n) is 8.83. The van der Waals surface area contributed by atoms with Gasteiger partial charge in [-0.3, -0.25) is 4.79 Å². The van der Waals surface area contributed by atoms with E-state index in [0.29, 0.717) is 37.8 Å². The number of carbonyl (C=O) groups is 1. The van der Waals surface area contributed by atoms with Crippen LogP contribution in [0.2, 0.25) is 0 Å². The van der Waals surface area contributed by atoms with Gasteiger partial charge in [0.1, 0.15) is 5.75 Å². The van der Waals surface area contributed by atoms with Crippen LogP contribution in [0, 0.1) is 5.92 Å². The van der Waals surface area contributed by atoms with Crippen molar-refractivity contribution in [3.05, 3.63) is 29.3 Å². The van der Waals surface area contributed by atoms with Gasteiger partial charge >= 0.3 is 0 Å². The summed E-state index contributed by atoms with van der Waals surface area (Å²) in [5.74, 6) is 1.16. The van der Waals surface area contributed by atoms with Crippen molar-refractivity contribution in [1.82, 2.24) is 5.32 Å². The van der Waals surface area contributed by atoms with Crippen LogP contribution >= 0.6 is 0 Å². The molecule has 1 atom stereocenters. The largest absolute Gasteiger partial charge is 0.494 e. The molecule has 5 heteroatoms. The lowest BCUT2D eigenvalue weighted by Gasteiger charge is -2.14. The molecule has 0 unspecified atom stereocenters. The van der Waals surface area contributed by atoms with Gasteiger partial charge in [-0.05, 0) is 43.9 Å². The quantitative estimate of drug-likeness (QED) is 0.753. The first kappa shape index (κ1) is 18.7. The van der Waals surface area contributed by atoms with Crippen molar-refractivity contribution in [1.29, 1.82) is 0 Å². The Balaban J connectivity index is 1.98. The summed E-state index contributed by atoms with van der Waals surface area (Å²) in [7, 11) is 0. The molecule has 0 radical (unpaired) electrons. The second-order valence-electron chi connectivity index (χ2n) is 6.51. The van der Waals surface area contributed by atoms with E-state index in [1.807, 2.05) is 19.1 Å². The van der Waals surface area contributed by atoms with E-state index in [0.717, 1.165) is 30.8 Å². The molecule has 0 bridgehead atoms. The van der Waals surface area contributed by atoms with E-state index in [1.54, 1.807) is 6.07 Å². The molecule has 1 saturated heterocycles. The number of hydrogen-bond acceptors (Lipinski definition) is 4. The standard InChI is InChI=1S/C19H29NO4/c1-4-23-18-8-7-15(10-16(18)13-22-12-14(2)3)19(21)20-11-17-6-5-9-24-17/h7-8,10,14,17H,4-6,9,11-13H2,1-3H3,(H,20,21)/t17-/m0/s1. The van der Waals surface area contributed by atoms with Crippen LogP contribution in [0.15, 0.2) is 18.2 Å². The third-order valence-corrected chi connectivity index (χ3v) is 3.85. The molecule has 134 valence electrons. The van der Waals surface area contributed by atoms with Gasteiger partial charge in [-0.1, -0.05) is 13.8 Å². The summed E-state index contributed by atoms with van der Waals surface area (Å²) in [6.07, 6.45) is 2.23. The fourth-order valence-corrected chi connectivity index (χ4v) is 2.65. The van der Waals surface area contributed by atoms with E-state index < -0.39 is 0 Å². The van der Waals surface area contributed by atoms with Gasteiger partial charge in [-0.2, -0.15) is 0 Å². The topological polar surface area (TPSA) is 56.8 Å². The number of ether oxygens (including phenoxy) is 3. The fraction of sp³-hybridized carbons (Fsp3) is 0.632. The molecular weight excluding hydrogens is 306 g/mol. The molecule has 0 spiro atoms. The number of amides is 1. The molecule has 1 amide bonds. The maximum absolute atomic E-state index is 12.4. The van der Waals surface area contributed by atoms with Crippen molar-refractivity contribution in [3.63, 3.8) is 0 Å². The molecule has 5 nitrogen and oxygen atoms in total. The number of hydrogen-bond donors (Lipinski definition) is 1. The van der Waals surface area contributed by atoms with Crippen LogP contribution < -0.4 is 10.1 Å². The minimum Gasteiger partial charge on any atom is -0.494 e. The van der Waals surface area contributed by atoms with E-state index >= 15 is 0 Å². The van der Waals surface area contributed by atoms with E-state index in [4.69, 9.17) is 14.2 Å². The predicted molar refractivity (Wildman–Crippen MR) is 93.4 cm³/mol. The van der Waals surface area contributed by atoms with Gasteiger partial charge in [0.05, 0.1) is 19.3 Å². The number of nitrogens with one attached hydrogen (secondary N) is 1. The van der Waals surface area contributed by atoms with Gasteiger partial charge in [0.25, 0.3) is 5.91 Å². The summed E-state index contributed by atoms with van der Waals surface area (Å²) in [5, 5.41) is 2.95. The van der Waals surface area contributed by atoms with E-state index in [2.05, 4.69) is 19.2 Å². The number of benzene rings is 1. The minimum absolute atomic E-state index is 0.0846. The Morgan fingerprint density at radius 2 is 2.25 bits per heavy atom. The zero-order valence-electron chi connectivity index (χ0n) is 15.0. The summed E-state index contributed by atoms with van der Waals surface area (Å²) in [6.45, 7) is 9.23. The Morgan fingerprint density at radius 3 is 2.92 bits per heavy atom. The number of rotatable bonds is 9. The van der Waals surface area contributed by atoms with Crippen molar-refractivity contribution >= 4 is 5.91 Å². The molecule has 1 heterocycles. The van der Waals surface area contributed by atoms with E-state index in [9.17, 15) is 4.79 Å². The van der Waals surface area contributed by atoms with Crippen molar-refractivity contribution in [2.45, 2.75) is 46.3 Å². The lowest BCUT2D eigenvalue weighted by molar-refractivity contribution is 0.0855. The van der Waals surface area contributed by atoms with Crippen molar-refractivity contribution < 1.29 is 19.0 Å². The van der Waals surface area contributed by atoms with Crippen molar-refractivity contribution in [3.8, 4) is 5.75 Å². The summed E-state index contributed by atoms with van der Waals surface area (Å²) in [5.41, 5.74) is 1.53. The SMILES string of the molecule is CCOc1ccc(C(=O)NC[C@@H]2CCCO2)cc1COCC(C)C. The fourth-order valence-electron chi connectivity index (χ4n) is 2.65. The van der Waals surface area contributed by atoms with Crippen molar-refractivity contribution in [2.75, 3.05) is 26.4 Å². The van der Waals surface area contributed by atoms with Crippen LogP contribution in [-0.2, 0) is 16.1 Å². The molecule has 1 fully saturated rings. The van der Waals surface area contributed by atoms with Gasteiger partial charge < -0.3 is 19.5 Å². The van der Waals surface area contributed by atoms with Crippen LogP contribution in [-0.4, -0.2) is 38.4 Å². The Hall–Kier alpha value is -1.59. The molecular formula is C19H29NO4. The highest BCUT2D eigenvalue weighted by Gasteiger charge is 2.17. The predicted octanol–water partition coefficient (Wildman–Crippen LogP) is 3.17. The highest BCUT2D eigenvalue weighted by Crippen LogP contribution is 2.22. The molecule has 1 aromatic rings. The van der Waals surface area contributed by atoms with Crippen LogP contribution in [0.25, 0.3) is 0 Å². The second-order valence-corrected chi connectivity index (χ2v) is 6.51. The average Bonchev–Trinajstić information content (AvgIpc) is 3.07. The minimum atomic E-state index is -0.0846. The summed E-state index contributed by atoms with van der Waals surface area (Å²) >= 11 is 0. The highest BCUT2D eigenvalue weighted by atomic mass is 16.5. The van der Waals surface area contributed by atoms with Gasteiger partial charge in [-0.15, -0.1) is 0 Å². The third kappa shape index (κ3) is 5.80. The normalized spacial score (nSPS) is 17.2. The lowest BCUT2D eigenvalue weighted by Crippen LogP contribution is -2.31. The van der Waals surface area contributed by atoms with Crippen molar-refractivity contribution in [2.24, 2.45) is 5.92 Å². The van der Waals surface area contributed by atoms with E-state index in [1.165, 1.54) is 0 Å². The molecule has 1 N–H and O–H groups in total. The smallest absolute Gasteiger partial charge is 0.251 e. The Morgan fingerprint density at radius 1 is 1.42 bits per heavy atom. The molecule has 0 saturated carbocycles. The Kier molecular flexibility index (Phi) is 7.53. The first-order valence-corrected chi connectivity index (χ1v) is 8.83. The third-order valence-electron chi connectivity index (χ3n) is 3.85. The van der Waals surface area contributed by atoms with Crippen LogP contribution in [0.4, 0.5) is 0 Å². The maximum atomic E-state index is 12.4. The molecule has 1 aliphatic rings. The monoisotopic (exact) mass is 335 g/mol. The van der Waals surface area contributed by atoms with Gasteiger partial charge in [-0.25, -0.2) is 0 Å². The average molecular weight is 335 g/mol. The summed E-state index contributed by atoms with van der Waals surface area (Å²) < 4.78 is 16.9. The van der Waals surface area contributed by atoms with Gasteiger partial charge in [0.2, 0.25) is 0 Å². The summed E-state index contributed by atoms with van der Waals surface area (Å²) in [4.78, 5) is 12.4. The highest BCUT2D eigenvalue weighted by molar-refractivity contribution is 5.94. The molecule has 0 aliphatic carbocycles. The molecule has 1 aliphatic heterocycles.